The topological polar surface area (TPSA) is 49.4 Å². The predicted octanol–water partition coefficient (Wildman–Crippen LogP) is 4.67. The molecule has 0 saturated heterocycles. The molecule has 0 aromatic heterocycles. The molecule has 1 heterocycles. The van der Waals surface area contributed by atoms with Gasteiger partial charge in [0.05, 0.1) is 28.9 Å². The van der Waals surface area contributed by atoms with Crippen LogP contribution in [0.2, 0.25) is 0 Å². The molecular weight excluding hydrogens is 356 g/mol. The smallest absolute Gasteiger partial charge is 0.264 e. The third kappa shape index (κ3) is 3.30. The van der Waals surface area contributed by atoms with Crippen molar-refractivity contribution in [1.29, 1.82) is 0 Å². The van der Waals surface area contributed by atoms with Crippen LogP contribution in [0.1, 0.15) is 22.7 Å². The first-order valence-corrected chi connectivity index (χ1v) is 10.4. The maximum absolute atomic E-state index is 13.4. The Morgan fingerprint density at radius 3 is 2.26 bits per heavy atom. The number of anilines is 2. The number of rotatable bonds is 3. The van der Waals surface area contributed by atoms with Gasteiger partial charge in [0.15, 0.2) is 0 Å². The fraction of sp³-hybridized carbons (Fsp3) is 0.182. The van der Waals surface area contributed by atoms with Crippen molar-refractivity contribution in [3.05, 3.63) is 89.5 Å². The normalized spacial score (nSPS) is 16.5. The Morgan fingerprint density at radius 1 is 0.889 bits per heavy atom. The Bertz CT molecular complexity index is 1060. The van der Waals surface area contributed by atoms with E-state index in [4.69, 9.17) is 0 Å². The van der Waals surface area contributed by atoms with Crippen molar-refractivity contribution in [3.63, 3.8) is 0 Å². The van der Waals surface area contributed by atoms with E-state index in [0.717, 1.165) is 22.4 Å². The van der Waals surface area contributed by atoms with Gasteiger partial charge in [-0.1, -0.05) is 54.1 Å². The molecule has 0 bridgehead atoms. The van der Waals surface area contributed by atoms with Crippen molar-refractivity contribution < 1.29 is 8.42 Å². The minimum atomic E-state index is -3.66. The Kier molecular flexibility index (Phi) is 4.40. The zero-order chi connectivity index (χ0) is 19.0. The standard InChI is InChI=1S/C22H22N2O2S/c1-16-8-11-19(12-9-16)27(25,26)24-15-21(18-6-4-3-5-7-18)23-20-13-10-17(2)14-22(20)24/h3-14,21,23H,15H2,1-2H3. The van der Waals surface area contributed by atoms with Crippen molar-refractivity contribution in [1.82, 2.24) is 0 Å². The van der Waals surface area contributed by atoms with E-state index in [1.54, 1.807) is 12.1 Å². The van der Waals surface area contributed by atoms with Gasteiger partial charge in [-0.05, 0) is 49.2 Å². The van der Waals surface area contributed by atoms with Crippen LogP contribution in [0, 0.1) is 13.8 Å². The molecule has 1 aliphatic heterocycles. The highest BCUT2D eigenvalue weighted by atomic mass is 32.2. The first-order valence-electron chi connectivity index (χ1n) is 8.97. The van der Waals surface area contributed by atoms with Crippen molar-refractivity contribution in [2.24, 2.45) is 0 Å². The summed E-state index contributed by atoms with van der Waals surface area (Å²) in [4.78, 5) is 0.314. The summed E-state index contributed by atoms with van der Waals surface area (Å²) in [5, 5.41) is 3.50. The van der Waals surface area contributed by atoms with Gasteiger partial charge in [-0.3, -0.25) is 4.31 Å². The third-order valence-electron chi connectivity index (χ3n) is 4.91. The van der Waals surface area contributed by atoms with Crippen LogP contribution in [-0.4, -0.2) is 15.0 Å². The Labute approximate surface area is 160 Å². The first-order chi connectivity index (χ1) is 12.9. The third-order valence-corrected chi connectivity index (χ3v) is 6.70. The summed E-state index contributed by atoms with van der Waals surface area (Å²) in [5.74, 6) is 0. The lowest BCUT2D eigenvalue weighted by Crippen LogP contribution is -2.40. The Morgan fingerprint density at radius 2 is 1.56 bits per heavy atom. The van der Waals surface area contributed by atoms with Crippen molar-refractivity contribution in [3.8, 4) is 0 Å². The molecule has 1 N–H and O–H groups in total. The number of benzene rings is 3. The molecule has 3 aromatic carbocycles. The van der Waals surface area contributed by atoms with Crippen LogP contribution < -0.4 is 9.62 Å². The van der Waals surface area contributed by atoms with Gasteiger partial charge in [-0.25, -0.2) is 8.42 Å². The van der Waals surface area contributed by atoms with E-state index >= 15 is 0 Å². The molecule has 0 radical (unpaired) electrons. The second kappa shape index (κ2) is 6.74. The lowest BCUT2D eigenvalue weighted by molar-refractivity contribution is 0.585. The van der Waals surface area contributed by atoms with Crippen LogP contribution in [0.25, 0.3) is 0 Å². The van der Waals surface area contributed by atoms with Gasteiger partial charge < -0.3 is 5.32 Å². The summed E-state index contributed by atoms with van der Waals surface area (Å²) < 4.78 is 28.4. The molecule has 5 heteroatoms. The maximum atomic E-state index is 13.4. The molecule has 0 spiro atoms. The molecule has 1 unspecified atom stereocenters. The molecule has 138 valence electrons. The molecule has 0 amide bonds. The van der Waals surface area contributed by atoms with Crippen molar-refractivity contribution >= 4 is 21.4 Å². The quantitative estimate of drug-likeness (QED) is 0.721. The zero-order valence-electron chi connectivity index (χ0n) is 15.4. The van der Waals surface area contributed by atoms with Crippen LogP contribution >= 0.6 is 0 Å². The summed E-state index contributed by atoms with van der Waals surface area (Å²) in [6.45, 7) is 4.27. The van der Waals surface area contributed by atoms with E-state index < -0.39 is 10.0 Å². The number of fused-ring (bicyclic) bond motifs is 1. The SMILES string of the molecule is Cc1ccc(S(=O)(=O)N2CC(c3ccccc3)Nc3ccc(C)cc32)cc1. The molecule has 0 fully saturated rings. The number of nitrogens with one attached hydrogen (secondary N) is 1. The van der Waals surface area contributed by atoms with Gasteiger partial charge in [0.2, 0.25) is 0 Å². The predicted molar refractivity (Wildman–Crippen MR) is 110 cm³/mol. The van der Waals surface area contributed by atoms with Gasteiger partial charge in [0.1, 0.15) is 0 Å². The van der Waals surface area contributed by atoms with E-state index in [1.165, 1.54) is 4.31 Å². The van der Waals surface area contributed by atoms with E-state index in [9.17, 15) is 8.42 Å². The van der Waals surface area contributed by atoms with Gasteiger partial charge in [0, 0.05) is 0 Å². The summed E-state index contributed by atoms with van der Waals surface area (Å²) >= 11 is 0. The number of hydrogen-bond acceptors (Lipinski definition) is 3. The number of aryl methyl sites for hydroxylation is 2. The highest BCUT2D eigenvalue weighted by molar-refractivity contribution is 7.92. The molecule has 1 atom stereocenters. The van der Waals surface area contributed by atoms with Gasteiger partial charge in [0.25, 0.3) is 10.0 Å². The molecule has 3 aromatic rings. The molecule has 4 rings (SSSR count). The van der Waals surface area contributed by atoms with E-state index in [1.807, 2.05) is 74.5 Å². The van der Waals surface area contributed by atoms with Gasteiger partial charge in [-0.2, -0.15) is 0 Å². The lowest BCUT2D eigenvalue weighted by Gasteiger charge is -2.37. The van der Waals surface area contributed by atoms with Crippen LogP contribution in [0.3, 0.4) is 0 Å². The first kappa shape index (κ1) is 17.6. The van der Waals surface area contributed by atoms with Gasteiger partial charge in [-0.15, -0.1) is 0 Å². The second-order valence-electron chi connectivity index (χ2n) is 6.98. The largest absolute Gasteiger partial charge is 0.375 e. The fourth-order valence-corrected chi connectivity index (χ4v) is 4.90. The number of sulfonamides is 1. The van der Waals surface area contributed by atoms with Crippen LogP contribution in [0.5, 0.6) is 0 Å². The molecule has 1 aliphatic rings. The fourth-order valence-electron chi connectivity index (χ4n) is 3.41. The number of nitrogens with zero attached hydrogens (tertiary/aromatic N) is 1. The maximum Gasteiger partial charge on any atom is 0.264 e. The average molecular weight is 378 g/mol. The Balaban J connectivity index is 1.82. The van der Waals surface area contributed by atoms with Crippen LogP contribution in [-0.2, 0) is 10.0 Å². The zero-order valence-corrected chi connectivity index (χ0v) is 16.2. The number of hydrogen-bond donors (Lipinski definition) is 1. The minimum absolute atomic E-state index is 0.110. The summed E-state index contributed by atoms with van der Waals surface area (Å²) in [6.07, 6.45) is 0. The highest BCUT2D eigenvalue weighted by Crippen LogP contribution is 2.39. The van der Waals surface area contributed by atoms with Crippen molar-refractivity contribution in [2.75, 3.05) is 16.2 Å². The molecule has 27 heavy (non-hydrogen) atoms. The van der Waals surface area contributed by atoms with E-state index in [2.05, 4.69) is 5.32 Å². The van der Waals surface area contributed by atoms with E-state index in [0.29, 0.717) is 17.1 Å². The highest BCUT2D eigenvalue weighted by Gasteiger charge is 2.33. The lowest BCUT2D eigenvalue weighted by atomic mass is 10.0. The minimum Gasteiger partial charge on any atom is -0.375 e. The summed E-state index contributed by atoms with van der Waals surface area (Å²) in [6, 6.07) is 22.7. The van der Waals surface area contributed by atoms with Gasteiger partial charge >= 0.3 is 0 Å². The Hall–Kier alpha value is -2.79. The van der Waals surface area contributed by atoms with Crippen LogP contribution in [0.15, 0.2) is 77.7 Å². The molecular formula is C22H22N2O2S. The van der Waals surface area contributed by atoms with Crippen molar-refractivity contribution in [2.45, 2.75) is 24.8 Å². The molecule has 0 aliphatic carbocycles. The van der Waals surface area contributed by atoms with Crippen LogP contribution in [0.4, 0.5) is 11.4 Å². The summed E-state index contributed by atoms with van der Waals surface area (Å²) in [7, 11) is -3.66. The molecule has 4 nitrogen and oxygen atoms in total. The monoisotopic (exact) mass is 378 g/mol. The summed E-state index contributed by atoms with van der Waals surface area (Å²) in [5.41, 5.74) is 4.65. The average Bonchev–Trinajstić information content (AvgIpc) is 2.68. The molecule has 0 saturated carbocycles. The van der Waals surface area contributed by atoms with E-state index in [-0.39, 0.29) is 6.04 Å². The second-order valence-corrected chi connectivity index (χ2v) is 8.84.